The van der Waals surface area contributed by atoms with E-state index in [9.17, 15) is 4.79 Å². The largest absolute Gasteiger partial charge is 0.497 e. The molecule has 0 aliphatic carbocycles. The minimum Gasteiger partial charge on any atom is -0.497 e. The van der Waals surface area contributed by atoms with Gasteiger partial charge in [-0.15, -0.1) is 0 Å². The number of methoxy groups -OCH3 is 2. The van der Waals surface area contributed by atoms with Crippen molar-refractivity contribution in [3.63, 3.8) is 0 Å². The number of carbonyl (C=O) groups excluding carboxylic acids is 1. The van der Waals surface area contributed by atoms with Crippen molar-refractivity contribution >= 4 is 34.7 Å². The quantitative estimate of drug-likeness (QED) is 0.642. The Balaban J connectivity index is 1.68. The molecule has 0 bridgehead atoms. The molecule has 1 amide bonds. The Morgan fingerprint density at radius 1 is 1.00 bits per heavy atom. The Morgan fingerprint density at radius 3 is 2.41 bits per heavy atom. The molecule has 138 valence electrons. The van der Waals surface area contributed by atoms with E-state index in [1.54, 1.807) is 75.0 Å². The predicted molar refractivity (Wildman–Crippen MR) is 106 cm³/mol. The maximum absolute atomic E-state index is 12.3. The third kappa shape index (κ3) is 4.68. The van der Waals surface area contributed by atoms with Crippen LogP contribution in [0.3, 0.4) is 0 Å². The highest BCUT2D eigenvalue weighted by Crippen LogP contribution is 2.30. The summed E-state index contributed by atoms with van der Waals surface area (Å²) in [5.74, 6) is 1.55. The maximum atomic E-state index is 12.3. The number of anilines is 3. The molecular weight excluding hydrogens is 366 g/mol. The van der Waals surface area contributed by atoms with E-state index in [1.165, 1.54) is 0 Å². The van der Waals surface area contributed by atoms with Gasteiger partial charge in [-0.3, -0.25) is 4.79 Å². The zero-order valence-corrected chi connectivity index (χ0v) is 15.6. The van der Waals surface area contributed by atoms with Crippen LogP contribution in [-0.4, -0.2) is 25.1 Å². The standard InChI is InChI=1S/C20H18ClN3O3/c1-26-16-7-3-13(4-8-16)20(25)24-19-10-6-15(12-22-19)23-17-11-14(21)5-9-18(17)27-2/h3-12,23H,1-2H3,(H,22,24,25). The van der Waals surface area contributed by atoms with E-state index in [0.29, 0.717) is 27.9 Å². The first-order chi connectivity index (χ1) is 13.1. The highest BCUT2D eigenvalue weighted by atomic mass is 35.5. The molecule has 0 saturated heterocycles. The molecule has 7 heteroatoms. The molecule has 3 aromatic rings. The monoisotopic (exact) mass is 383 g/mol. The molecule has 1 aromatic heterocycles. The number of ether oxygens (including phenoxy) is 2. The second-order valence-electron chi connectivity index (χ2n) is 5.58. The Morgan fingerprint density at radius 2 is 1.78 bits per heavy atom. The molecule has 3 rings (SSSR count). The summed E-state index contributed by atoms with van der Waals surface area (Å²) >= 11 is 6.03. The summed E-state index contributed by atoms with van der Waals surface area (Å²) in [4.78, 5) is 16.5. The first-order valence-corrected chi connectivity index (χ1v) is 8.49. The molecule has 0 atom stereocenters. The van der Waals surface area contributed by atoms with E-state index in [2.05, 4.69) is 15.6 Å². The molecule has 6 nitrogen and oxygen atoms in total. The number of rotatable bonds is 6. The third-order valence-electron chi connectivity index (χ3n) is 3.80. The summed E-state index contributed by atoms with van der Waals surface area (Å²) in [7, 11) is 3.16. The molecule has 0 radical (unpaired) electrons. The van der Waals surface area contributed by atoms with Crippen LogP contribution in [0.1, 0.15) is 10.4 Å². The normalized spacial score (nSPS) is 10.2. The fourth-order valence-electron chi connectivity index (χ4n) is 2.41. The van der Waals surface area contributed by atoms with Crippen LogP contribution in [0.2, 0.25) is 5.02 Å². The number of benzene rings is 2. The van der Waals surface area contributed by atoms with Crippen molar-refractivity contribution in [2.75, 3.05) is 24.9 Å². The number of nitrogens with zero attached hydrogens (tertiary/aromatic N) is 1. The molecule has 27 heavy (non-hydrogen) atoms. The molecule has 2 aromatic carbocycles. The van der Waals surface area contributed by atoms with E-state index in [1.807, 2.05) is 0 Å². The SMILES string of the molecule is COc1ccc(C(=O)Nc2ccc(Nc3cc(Cl)ccc3OC)cn2)cc1. The Kier molecular flexibility index (Phi) is 5.78. The van der Waals surface area contributed by atoms with Crippen molar-refractivity contribution in [3.05, 3.63) is 71.4 Å². The Hall–Kier alpha value is -3.25. The van der Waals surface area contributed by atoms with E-state index in [-0.39, 0.29) is 5.91 Å². The molecule has 1 heterocycles. The molecule has 0 aliphatic rings. The van der Waals surface area contributed by atoms with Crippen LogP contribution in [0.4, 0.5) is 17.2 Å². The topological polar surface area (TPSA) is 72.5 Å². The summed E-state index contributed by atoms with van der Waals surface area (Å²) in [5, 5.41) is 6.54. The van der Waals surface area contributed by atoms with Gasteiger partial charge >= 0.3 is 0 Å². The zero-order chi connectivity index (χ0) is 19.2. The average molecular weight is 384 g/mol. The molecule has 0 saturated carbocycles. The summed E-state index contributed by atoms with van der Waals surface area (Å²) in [6, 6.07) is 15.6. The van der Waals surface area contributed by atoms with Gasteiger partial charge in [0.1, 0.15) is 17.3 Å². The number of nitrogens with one attached hydrogen (secondary N) is 2. The summed E-state index contributed by atoms with van der Waals surface area (Å²) in [6.07, 6.45) is 1.62. The highest BCUT2D eigenvalue weighted by Gasteiger charge is 2.08. The molecule has 0 spiro atoms. The van der Waals surface area contributed by atoms with Crippen molar-refractivity contribution in [2.45, 2.75) is 0 Å². The molecule has 0 unspecified atom stereocenters. The van der Waals surface area contributed by atoms with Gasteiger partial charge in [0.2, 0.25) is 0 Å². The molecule has 2 N–H and O–H groups in total. The van der Waals surface area contributed by atoms with Crippen molar-refractivity contribution < 1.29 is 14.3 Å². The summed E-state index contributed by atoms with van der Waals surface area (Å²) in [6.45, 7) is 0. The maximum Gasteiger partial charge on any atom is 0.256 e. The number of pyridine rings is 1. The second kappa shape index (κ2) is 8.42. The highest BCUT2D eigenvalue weighted by molar-refractivity contribution is 6.31. The number of carbonyl (C=O) groups is 1. The van der Waals surface area contributed by atoms with E-state index >= 15 is 0 Å². The Labute approximate surface area is 162 Å². The lowest BCUT2D eigenvalue weighted by molar-refractivity contribution is 0.102. The van der Waals surface area contributed by atoms with E-state index in [0.717, 1.165) is 11.4 Å². The lowest BCUT2D eigenvalue weighted by atomic mass is 10.2. The summed E-state index contributed by atoms with van der Waals surface area (Å²) < 4.78 is 10.4. The molecule has 0 fully saturated rings. The minimum absolute atomic E-state index is 0.248. The Bertz CT molecular complexity index is 928. The number of amides is 1. The van der Waals surface area contributed by atoms with Crippen LogP contribution in [0.5, 0.6) is 11.5 Å². The fraction of sp³-hybridized carbons (Fsp3) is 0.100. The van der Waals surface area contributed by atoms with Crippen molar-refractivity contribution in [1.29, 1.82) is 0 Å². The van der Waals surface area contributed by atoms with Crippen LogP contribution in [0.25, 0.3) is 0 Å². The first kappa shape index (κ1) is 18.5. The van der Waals surface area contributed by atoms with Gasteiger partial charge < -0.3 is 20.1 Å². The smallest absolute Gasteiger partial charge is 0.256 e. The summed E-state index contributed by atoms with van der Waals surface area (Å²) in [5.41, 5.74) is 1.98. The number of hydrogen-bond acceptors (Lipinski definition) is 5. The fourth-order valence-corrected chi connectivity index (χ4v) is 2.58. The van der Waals surface area contributed by atoms with Crippen LogP contribution in [0.15, 0.2) is 60.8 Å². The first-order valence-electron chi connectivity index (χ1n) is 8.11. The lowest BCUT2D eigenvalue weighted by Crippen LogP contribution is -2.12. The average Bonchev–Trinajstić information content (AvgIpc) is 2.70. The van der Waals surface area contributed by atoms with Crippen LogP contribution in [-0.2, 0) is 0 Å². The minimum atomic E-state index is -0.248. The van der Waals surface area contributed by atoms with E-state index in [4.69, 9.17) is 21.1 Å². The van der Waals surface area contributed by atoms with Gasteiger partial charge in [0, 0.05) is 10.6 Å². The van der Waals surface area contributed by atoms with Gasteiger partial charge in [-0.2, -0.15) is 0 Å². The predicted octanol–water partition coefficient (Wildman–Crippen LogP) is 4.75. The number of aromatic nitrogens is 1. The lowest BCUT2D eigenvalue weighted by Gasteiger charge is -2.12. The van der Waals surface area contributed by atoms with Gasteiger partial charge in [0.05, 0.1) is 31.8 Å². The molecular formula is C20H18ClN3O3. The zero-order valence-electron chi connectivity index (χ0n) is 14.8. The second-order valence-corrected chi connectivity index (χ2v) is 6.02. The third-order valence-corrected chi connectivity index (χ3v) is 4.03. The van der Waals surface area contributed by atoms with Crippen molar-refractivity contribution in [1.82, 2.24) is 4.98 Å². The van der Waals surface area contributed by atoms with Gasteiger partial charge in [-0.25, -0.2) is 4.98 Å². The van der Waals surface area contributed by atoms with Crippen molar-refractivity contribution in [3.8, 4) is 11.5 Å². The van der Waals surface area contributed by atoms with Gasteiger partial charge in [-0.1, -0.05) is 11.6 Å². The number of halogens is 1. The molecule has 0 aliphatic heterocycles. The van der Waals surface area contributed by atoms with Gasteiger partial charge in [0.15, 0.2) is 0 Å². The van der Waals surface area contributed by atoms with E-state index < -0.39 is 0 Å². The van der Waals surface area contributed by atoms with Gasteiger partial charge in [-0.05, 0) is 54.6 Å². The van der Waals surface area contributed by atoms with Crippen molar-refractivity contribution in [2.24, 2.45) is 0 Å². The van der Waals surface area contributed by atoms with Crippen LogP contribution < -0.4 is 20.1 Å². The van der Waals surface area contributed by atoms with Crippen LogP contribution >= 0.6 is 11.6 Å². The van der Waals surface area contributed by atoms with Crippen LogP contribution in [0, 0.1) is 0 Å². The number of hydrogen-bond donors (Lipinski definition) is 2. The van der Waals surface area contributed by atoms with Gasteiger partial charge in [0.25, 0.3) is 5.91 Å².